The van der Waals surface area contributed by atoms with Crippen LogP contribution in [-0.4, -0.2) is 28.0 Å². The highest BCUT2D eigenvalue weighted by molar-refractivity contribution is 8.15. The Morgan fingerprint density at radius 3 is 2.31 bits per heavy atom. The van der Waals surface area contributed by atoms with Crippen molar-refractivity contribution in [1.29, 1.82) is 0 Å². The molecule has 1 N–H and O–H groups in total. The number of carboxylic acids is 1. The van der Waals surface area contributed by atoms with E-state index in [0.717, 1.165) is 16.7 Å². The maximum Gasteiger partial charge on any atom is 0.335 e. The third kappa shape index (κ3) is 1.79. The molecule has 1 aliphatic heterocycles. The van der Waals surface area contributed by atoms with E-state index in [0.29, 0.717) is 5.69 Å². The zero-order chi connectivity index (χ0) is 11.7. The zero-order valence-electron chi connectivity index (χ0n) is 8.04. The summed E-state index contributed by atoms with van der Waals surface area (Å²) in [6.45, 7) is 0. The van der Waals surface area contributed by atoms with Crippen molar-refractivity contribution in [3.8, 4) is 0 Å². The summed E-state index contributed by atoms with van der Waals surface area (Å²) >= 11 is 0.940. The summed E-state index contributed by atoms with van der Waals surface area (Å²) in [7, 11) is 0. The van der Waals surface area contributed by atoms with Crippen molar-refractivity contribution in [3.63, 3.8) is 0 Å². The highest BCUT2D eigenvalue weighted by Crippen LogP contribution is 2.26. The van der Waals surface area contributed by atoms with Crippen LogP contribution in [0.1, 0.15) is 10.4 Å². The van der Waals surface area contributed by atoms with Crippen LogP contribution in [0.5, 0.6) is 0 Å². The fraction of sp³-hybridized carbons (Fsp3) is 0.100. The number of aromatic carboxylic acids is 1. The molecule has 5 nitrogen and oxygen atoms in total. The van der Waals surface area contributed by atoms with Crippen molar-refractivity contribution in [1.82, 2.24) is 0 Å². The van der Waals surface area contributed by atoms with Gasteiger partial charge >= 0.3 is 5.97 Å². The first kappa shape index (κ1) is 10.7. The number of benzene rings is 1. The normalized spacial score (nSPS) is 15.6. The number of nitrogens with zero attached hydrogens (tertiary/aromatic N) is 1. The lowest BCUT2D eigenvalue weighted by atomic mass is 10.2. The lowest BCUT2D eigenvalue weighted by Gasteiger charge is -2.12. The molecule has 0 atom stereocenters. The van der Waals surface area contributed by atoms with Gasteiger partial charge in [-0.3, -0.25) is 9.59 Å². The molecule has 1 heterocycles. The van der Waals surface area contributed by atoms with Crippen LogP contribution < -0.4 is 4.90 Å². The summed E-state index contributed by atoms with van der Waals surface area (Å²) in [5.41, 5.74) is 0.528. The molecule has 2 rings (SSSR count). The van der Waals surface area contributed by atoms with Gasteiger partial charge in [-0.1, -0.05) is 11.8 Å². The van der Waals surface area contributed by atoms with Crippen molar-refractivity contribution in [3.05, 3.63) is 29.8 Å². The molecule has 0 aliphatic carbocycles. The summed E-state index contributed by atoms with van der Waals surface area (Å²) in [5, 5.41) is 8.37. The molecule has 2 amide bonds. The SMILES string of the molecule is O=C(O)c1ccc(N2C(=O)CSC2=O)cc1. The Morgan fingerprint density at radius 1 is 1.25 bits per heavy atom. The van der Waals surface area contributed by atoms with E-state index >= 15 is 0 Å². The minimum Gasteiger partial charge on any atom is -0.478 e. The number of amides is 2. The van der Waals surface area contributed by atoms with Crippen LogP contribution in [0.3, 0.4) is 0 Å². The van der Waals surface area contributed by atoms with E-state index in [1.807, 2.05) is 0 Å². The van der Waals surface area contributed by atoms with E-state index in [1.54, 1.807) is 0 Å². The van der Waals surface area contributed by atoms with E-state index in [9.17, 15) is 14.4 Å². The Hall–Kier alpha value is -1.82. The van der Waals surface area contributed by atoms with Gasteiger partial charge in [0.1, 0.15) is 0 Å². The molecule has 1 aromatic carbocycles. The maximum absolute atomic E-state index is 11.4. The first-order valence-corrected chi connectivity index (χ1v) is 5.41. The second kappa shape index (κ2) is 3.97. The van der Waals surface area contributed by atoms with Gasteiger partial charge in [-0.25, -0.2) is 9.69 Å². The fourth-order valence-corrected chi connectivity index (χ4v) is 2.07. The molecule has 0 unspecified atom stereocenters. The van der Waals surface area contributed by atoms with Crippen molar-refractivity contribution in [2.45, 2.75) is 0 Å². The summed E-state index contributed by atoms with van der Waals surface area (Å²) in [6, 6.07) is 5.62. The second-order valence-electron chi connectivity index (χ2n) is 3.14. The van der Waals surface area contributed by atoms with Gasteiger partial charge in [-0.2, -0.15) is 0 Å². The third-order valence-corrected chi connectivity index (χ3v) is 2.94. The molecule has 1 aliphatic rings. The molecular formula is C10H7NO4S. The van der Waals surface area contributed by atoms with Crippen LogP contribution >= 0.6 is 11.8 Å². The standard InChI is InChI=1S/C10H7NO4S/c12-8-5-16-10(15)11(8)7-3-1-6(2-4-7)9(13)14/h1-4H,5H2,(H,13,14). The number of carboxylic acid groups (broad SMARTS) is 1. The van der Waals surface area contributed by atoms with Crippen molar-refractivity contribution < 1.29 is 19.5 Å². The average molecular weight is 237 g/mol. The van der Waals surface area contributed by atoms with E-state index in [1.165, 1.54) is 24.3 Å². The Bertz CT molecular complexity index is 452. The molecule has 0 spiro atoms. The fourth-order valence-electron chi connectivity index (χ4n) is 1.36. The Balaban J connectivity index is 2.31. The molecule has 0 aromatic heterocycles. The van der Waals surface area contributed by atoms with Crippen LogP contribution in [0, 0.1) is 0 Å². The van der Waals surface area contributed by atoms with Crippen LogP contribution in [-0.2, 0) is 4.79 Å². The maximum atomic E-state index is 11.4. The Kier molecular flexibility index (Phi) is 2.66. The largest absolute Gasteiger partial charge is 0.478 e. The van der Waals surface area contributed by atoms with Gasteiger partial charge in [0, 0.05) is 0 Å². The molecule has 1 fully saturated rings. The van der Waals surface area contributed by atoms with E-state index in [-0.39, 0.29) is 22.5 Å². The molecule has 16 heavy (non-hydrogen) atoms. The number of rotatable bonds is 2. The van der Waals surface area contributed by atoms with Gasteiger partial charge in [0.15, 0.2) is 0 Å². The quantitative estimate of drug-likeness (QED) is 0.845. The van der Waals surface area contributed by atoms with E-state index in [4.69, 9.17) is 5.11 Å². The van der Waals surface area contributed by atoms with Gasteiger partial charge in [0.2, 0.25) is 5.91 Å². The van der Waals surface area contributed by atoms with Gasteiger partial charge in [0.25, 0.3) is 5.24 Å². The first-order chi connectivity index (χ1) is 7.59. The van der Waals surface area contributed by atoms with Crippen molar-refractivity contribution in [2.75, 3.05) is 10.7 Å². The summed E-state index contributed by atoms with van der Waals surface area (Å²) in [6.07, 6.45) is 0. The van der Waals surface area contributed by atoms with Crippen LogP contribution in [0.2, 0.25) is 0 Å². The molecule has 0 radical (unpaired) electrons. The summed E-state index contributed by atoms with van der Waals surface area (Å²) < 4.78 is 0. The minimum absolute atomic E-state index is 0.121. The smallest absolute Gasteiger partial charge is 0.335 e. The lowest BCUT2D eigenvalue weighted by Crippen LogP contribution is -2.28. The van der Waals surface area contributed by atoms with Crippen molar-refractivity contribution in [2.24, 2.45) is 0 Å². The topological polar surface area (TPSA) is 74.7 Å². The number of anilines is 1. The van der Waals surface area contributed by atoms with Crippen LogP contribution in [0.4, 0.5) is 10.5 Å². The highest BCUT2D eigenvalue weighted by Gasteiger charge is 2.31. The highest BCUT2D eigenvalue weighted by atomic mass is 32.2. The first-order valence-electron chi connectivity index (χ1n) is 4.42. The molecule has 1 saturated heterocycles. The Morgan fingerprint density at radius 2 is 1.88 bits per heavy atom. The minimum atomic E-state index is -1.04. The average Bonchev–Trinajstić information content (AvgIpc) is 2.59. The van der Waals surface area contributed by atoms with Crippen LogP contribution in [0.25, 0.3) is 0 Å². The zero-order valence-corrected chi connectivity index (χ0v) is 8.86. The molecule has 6 heteroatoms. The number of carbonyl (C=O) groups excluding carboxylic acids is 2. The number of hydrogen-bond acceptors (Lipinski definition) is 4. The molecule has 1 aromatic rings. The van der Waals surface area contributed by atoms with Gasteiger partial charge in [-0.05, 0) is 24.3 Å². The lowest BCUT2D eigenvalue weighted by molar-refractivity contribution is -0.115. The van der Waals surface area contributed by atoms with E-state index < -0.39 is 5.97 Å². The molecule has 0 saturated carbocycles. The Labute approximate surface area is 95.0 Å². The monoisotopic (exact) mass is 237 g/mol. The number of imide groups is 1. The van der Waals surface area contributed by atoms with Crippen molar-refractivity contribution >= 4 is 34.6 Å². The molecular weight excluding hydrogens is 230 g/mol. The number of hydrogen-bond donors (Lipinski definition) is 1. The summed E-state index contributed by atoms with van der Waals surface area (Å²) in [4.78, 5) is 34.4. The number of carbonyl (C=O) groups is 3. The van der Waals surface area contributed by atoms with Gasteiger partial charge < -0.3 is 5.11 Å². The molecule has 82 valence electrons. The van der Waals surface area contributed by atoms with Gasteiger partial charge in [0.05, 0.1) is 17.0 Å². The van der Waals surface area contributed by atoms with E-state index in [2.05, 4.69) is 0 Å². The third-order valence-electron chi connectivity index (χ3n) is 2.12. The molecule has 0 bridgehead atoms. The number of thioether (sulfide) groups is 1. The van der Waals surface area contributed by atoms with Gasteiger partial charge in [-0.15, -0.1) is 0 Å². The van der Waals surface area contributed by atoms with Crippen LogP contribution in [0.15, 0.2) is 24.3 Å². The predicted molar refractivity (Wildman–Crippen MR) is 58.7 cm³/mol. The predicted octanol–water partition coefficient (Wildman–Crippen LogP) is 1.58. The second-order valence-corrected chi connectivity index (χ2v) is 4.06. The summed E-state index contributed by atoms with van der Waals surface area (Å²) in [5.74, 6) is -1.18.